The first kappa shape index (κ1) is 32.3. The summed E-state index contributed by atoms with van der Waals surface area (Å²) in [6, 6.07) is 20.9. The molecule has 11 heteroatoms. The number of para-hydroxylation sites is 2. The number of pyridine rings is 2. The maximum atomic E-state index is 14.0. The van der Waals surface area contributed by atoms with Crippen LogP contribution in [0, 0.1) is 20.4 Å². The summed E-state index contributed by atoms with van der Waals surface area (Å²) < 4.78 is 18.3. The standard InChI is InChI=1S/C34H35N5O6/c1-7-37(8-2)28-21-20-27(24(5)36-28)39(32(41)34(42)43-9-3)30-23(4)29(35-6)31(40)38(25-16-12-10-13-17-25)33(30)45-22-44-26-18-14-11-15-19-26/h10-21H,7-9,22H2,1-5H3. The van der Waals surface area contributed by atoms with Crippen molar-refractivity contribution in [2.75, 3.05) is 36.3 Å². The summed E-state index contributed by atoms with van der Waals surface area (Å²) >= 11 is 0. The minimum absolute atomic E-state index is 0.000318. The van der Waals surface area contributed by atoms with E-state index in [0.29, 0.717) is 36.0 Å². The number of nitrogens with zero attached hydrogens (tertiary/aromatic N) is 5. The summed E-state index contributed by atoms with van der Waals surface area (Å²) in [4.78, 5) is 52.4. The molecule has 0 fully saturated rings. The van der Waals surface area contributed by atoms with E-state index >= 15 is 0 Å². The lowest BCUT2D eigenvalue weighted by Gasteiger charge is -2.30. The lowest BCUT2D eigenvalue weighted by molar-refractivity contribution is -0.152. The van der Waals surface area contributed by atoms with Crippen molar-refractivity contribution in [3.05, 3.63) is 106 Å². The van der Waals surface area contributed by atoms with Crippen LogP contribution in [-0.4, -0.2) is 47.9 Å². The Hall–Kier alpha value is -5.63. The summed E-state index contributed by atoms with van der Waals surface area (Å²) in [6.07, 6.45) is 0. The van der Waals surface area contributed by atoms with Crippen molar-refractivity contribution in [2.24, 2.45) is 0 Å². The van der Waals surface area contributed by atoms with Crippen molar-refractivity contribution in [3.63, 3.8) is 0 Å². The summed E-state index contributed by atoms with van der Waals surface area (Å²) in [7, 11) is 0. The Morgan fingerprint density at radius 1 is 0.911 bits per heavy atom. The SMILES string of the molecule is [C-]#[N+]c1c(C)c(N(C(=O)C(=O)OCC)c2ccc(N(CC)CC)nc2C)c(OCOc2ccccc2)n(-c2ccccc2)c1=O. The number of aromatic nitrogens is 2. The van der Waals surface area contributed by atoms with Crippen LogP contribution in [0.3, 0.4) is 0 Å². The number of aryl methyl sites for hydroxylation is 1. The molecule has 0 atom stereocenters. The van der Waals surface area contributed by atoms with Crippen LogP contribution >= 0.6 is 0 Å². The fraction of sp³-hybridized carbons (Fsp3) is 0.265. The Balaban J connectivity index is 2.04. The second-order valence-electron chi connectivity index (χ2n) is 9.74. The molecule has 0 saturated heterocycles. The Kier molecular flexibility index (Phi) is 10.5. The van der Waals surface area contributed by atoms with Crippen LogP contribution in [0.1, 0.15) is 32.0 Å². The van der Waals surface area contributed by atoms with Gasteiger partial charge in [-0.1, -0.05) is 36.4 Å². The van der Waals surface area contributed by atoms with Crippen molar-refractivity contribution in [2.45, 2.75) is 34.6 Å². The van der Waals surface area contributed by atoms with Crippen LogP contribution < -0.4 is 24.8 Å². The van der Waals surface area contributed by atoms with Gasteiger partial charge < -0.3 is 19.1 Å². The molecule has 0 aliphatic carbocycles. The van der Waals surface area contributed by atoms with Gasteiger partial charge in [-0.05, 0) is 76.6 Å². The zero-order valence-corrected chi connectivity index (χ0v) is 25.9. The molecule has 45 heavy (non-hydrogen) atoms. The molecule has 1 amide bonds. The summed E-state index contributed by atoms with van der Waals surface area (Å²) in [5, 5.41) is 0. The van der Waals surface area contributed by atoms with Crippen LogP contribution in [-0.2, 0) is 14.3 Å². The van der Waals surface area contributed by atoms with Crippen LogP contribution in [0.15, 0.2) is 77.6 Å². The van der Waals surface area contributed by atoms with Gasteiger partial charge in [0.1, 0.15) is 17.3 Å². The molecule has 2 heterocycles. The smallest absolute Gasteiger partial charge is 0.397 e. The number of hydrogen-bond donors (Lipinski definition) is 0. The second-order valence-corrected chi connectivity index (χ2v) is 9.74. The van der Waals surface area contributed by atoms with Gasteiger partial charge in [0, 0.05) is 13.1 Å². The highest BCUT2D eigenvalue weighted by Crippen LogP contribution is 2.42. The van der Waals surface area contributed by atoms with Gasteiger partial charge in [-0.2, -0.15) is 0 Å². The van der Waals surface area contributed by atoms with Crippen LogP contribution in [0.5, 0.6) is 11.6 Å². The number of ether oxygens (including phenoxy) is 3. The lowest BCUT2D eigenvalue weighted by atomic mass is 10.1. The van der Waals surface area contributed by atoms with Gasteiger partial charge in [-0.15, -0.1) is 0 Å². The van der Waals surface area contributed by atoms with E-state index in [-0.39, 0.29) is 41.9 Å². The zero-order valence-electron chi connectivity index (χ0n) is 25.9. The van der Waals surface area contributed by atoms with E-state index in [1.807, 2.05) is 24.8 Å². The number of benzene rings is 2. The van der Waals surface area contributed by atoms with Crippen molar-refractivity contribution >= 4 is 34.8 Å². The molecule has 0 radical (unpaired) electrons. The van der Waals surface area contributed by atoms with E-state index in [4.69, 9.17) is 25.8 Å². The minimum atomic E-state index is -1.13. The molecule has 0 unspecified atom stereocenters. The largest absolute Gasteiger partial charge is 0.459 e. The molecule has 0 bridgehead atoms. The summed E-state index contributed by atoms with van der Waals surface area (Å²) in [5.74, 6) is -1.10. The minimum Gasteiger partial charge on any atom is -0.459 e. The Labute approximate surface area is 262 Å². The molecular formula is C34H35N5O6. The van der Waals surface area contributed by atoms with Gasteiger partial charge in [0.05, 0.1) is 30.2 Å². The number of rotatable bonds is 11. The Morgan fingerprint density at radius 3 is 2.13 bits per heavy atom. The fourth-order valence-electron chi connectivity index (χ4n) is 4.86. The molecule has 2 aromatic heterocycles. The third-order valence-corrected chi connectivity index (χ3v) is 7.06. The predicted molar refractivity (Wildman–Crippen MR) is 172 cm³/mol. The fourth-order valence-corrected chi connectivity index (χ4v) is 4.86. The van der Waals surface area contributed by atoms with E-state index < -0.39 is 17.4 Å². The molecule has 0 saturated carbocycles. The molecule has 0 aliphatic rings. The van der Waals surface area contributed by atoms with E-state index in [2.05, 4.69) is 4.85 Å². The highest BCUT2D eigenvalue weighted by Gasteiger charge is 2.35. The lowest BCUT2D eigenvalue weighted by Crippen LogP contribution is -2.37. The molecule has 0 spiro atoms. The average molecular weight is 610 g/mol. The highest BCUT2D eigenvalue weighted by atomic mass is 16.7. The molecule has 2 aromatic carbocycles. The number of esters is 1. The number of carbonyl (C=O) groups excluding carboxylic acids is 2. The van der Waals surface area contributed by atoms with E-state index in [0.717, 1.165) is 4.90 Å². The molecular weight excluding hydrogens is 574 g/mol. The van der Waals surface area contributed by atoms with Crippen LogP contribution in [0.25, 0.3) is 10.5 Å². The van der Waals surface area contributed by atoms with Gasteiger partial charge in [0.15, 0.2) is 0 Å². The molecule has 4 aromatic rings. The molecule has 11 nitrogen and oxygen atoms in total. The van der Waals surface area contributed by atoms with Gasteiger partial charge in [-0.25, -0.2) is 14.6 Å². The Bertz CT molecular complexity index is 1760. The van der Waals surface area contributed by atoms with Crippen molar-refractivity contribution < 1.29 is 23.8 Å². The second kappa shape index (κ2) is 14.7. The topological polar surface area (TPSA) is 108 Å². The van der Waals surface area contributed by atoms with E-state index in [1.54, 1.807) is 80.6 Å². The number of carbonyl (C=O) groups is 2. The van der Waals surface area contributed by atoms with Crippen LogP contribution in [0.4, 0.5) is 22.9 Å². The number of hydrogen-bond acceptors (Lipinski definition) is 8. The van der Waals surface area contributed by atoms with Gasteiger partial charge >= 0.3 is 11.9 Å². The van der Waals surface area contributed by atoms with Gasteiger partial charge in [-0.3, -0.25) is 19.1 Å². The quantitative estimate of drug-likeness (QED) is 0.0897. The monoisotopic (exact) mass is 609 g/mol. The first-order valence-electron chi connectivity index (χ1n) is 14.5. The zero-order chi connectivity index (χ0) is 32.5. The van der Waals surface area contributed by atoms with E-state index in [9.17, 15) is 14.4 Å². The van der Waals surface area contributed by atoms with Crippen LogP contribution in [0.2, 0.25) is 0 Å². The maximum Gasteiger partial charge on any atom is 0.397 e. The highest BCUT2D eigenvalue weighted by molar-refractivity contribution is 6.40. The first-order chi connectivity index (χ1) is 21.8. The third kappa shape index (κ3) is 6.80. The number of amides is 1. The number of anilines is 3. The average Bonchev–Trinajstić information content (AvgIpc) is 3.05. The molecule has 0 aliphatic heterocycles. The van der Waals surface area contributed by atoms with Crippen molar-refractivity contribution in [1.29, 1.82) is 0 Å². The normalized spacial score (nSPS) is 10.5. The molecule has 4 rings (SSSR count). The van der Waals surface area contributed by atoms with Gasteiger partial charge in [0.2, 0.25) is 12.7 Å². The van der Waals surface area contributed by atoms with Crippen molar-refractivity contribution in [3.8, 4) is 17.3 Å². The predicted octanol–water partition coefficient (Wildman–Crippen LogP) is 5.89. The molecule has 0 N–H and O–H groups in total. The van der Waals surface area contributed by atoms with E-state index in [1.165, 1.54) is 11.5 Å². The maximum absolute atomic E-state index is 14.0. The first-order valence-corrected chi connectivity index (χ1v) is 14.5. The summed E-state index contributed by atoms with van der Waals surface area (Å²) in [5.41, 5.74) is 0.250. The third-order valence-electron chi connectivity index (χ3n) is 7.06. The van der Waals surface area contributed by atoms with Gasteiger partial charge in [0.25, 0.3) is 11.2 Å². The Morgan fingerprint density at radius 2 is 1.56 bits per heavy atom. The van der Waals surface area contributed by atoms with Crippen molar-refractivity contribution in [1.82, 2.24) is 9.55 Å². The molecule has 232 valence electrons. The summed E-state index contributed by atoms with van der Waals surface area (Å²) in [6.45, 7) is 17.8.